The number of esters is 1. The highest BCUT2D eigenvalue weighted by atomic mass is 32.2. The van der Waals surface area contributed by atoms with Crippen molar-refractivity contribution in [2.75, 3.05) is 26.2 Å². The number of benzene rings is 1. The van der Waals surface area contributed by atoms with Crippen molar-refractivity contribution >= 4 is 33.0 Å². The van der Waals surface area contributed by atoms with E-state index in [-0.39, 0.29) is 16.4 Å². The first-order valence-corrected chi connectivity index (χ1v) is 11.4. The first kappa shape index (κ1) is 23.8. The molecule has 0 amide bonds. The molecule has 0 unspecified atom stereocenters. The van der Waals surface area contributed by atoms with Crippen molar-refractivity contribution in [3.05, 3.63) is 35.9 Å². The number of carbonyl (C=O) groups is 2. The summed E-state index contributed by atoms with van der Waals surface area (Å²) in [6, 6.07) is 8.19. The lowest BCUT2D eigenvalue weighted by molar-refractivity contribution is -0.284. The summed E-state index contributed by atoms with van der Waals surface area (Å²) in [5.74, 6) is -0.591. The van der Waals surface area contributed by atoms with Crippen LogP contribution in [0.4, 0.5) is 0 Å². The zero-order chi connectivity index (χ0) is 21.6. The molecule has 1 aromatic carbocycles. The first-order chi connectivity index (χ1) is 13.7. The highest BCUT2D eigenvalue weighted by Gasteiger charge is 2.51. The van der Waals surface area contributed by atoms with Gasteiger partial charge < -0.3 is 18.9 Å². The van der Waals surface area contributed by atoms with Crippen LogP contribution in [0.25, 0.3) is 0 Å². The zero-order valence-electron chi connectivity index (χ0n) is 16.5. The number of hydrogen-bond acceptors (Lipinski definition) is 10. The Balaban J connectivity index is 2.38. The van der Waals surface area contributed by atoms with Crippen LogP contribution in [0.15, 0.2) is 30.3 Å². The molecule has 1 aliphatic heterocycles. The molecular formula is C18H24O9S2. The third-order valence-electron chi connectivity index (χ3n) is 4.09. The van der Waals surface area contributed by atoms with Gasteiger partial charge in [0.15, 0.2) is 17.5 Å². The Hall–Kier alpha value is -1.50. The summed E-state index contributed by atoms with van der Waals surface area (Å²) in [7, 11) is -1.25. The van der Waals surface area contributed by atoms with E-state index in [0.717, 1.165) is 18.0 Å². The molecule has 11 heteroatoms. The van der Waals surface area contributed by atoms with E-state index >= 15 is 0 Å². The van der Waals surface area contributed by atoms with Crippen LogP contribution in [0.3, 0.4) is 0 Å². The van der Waals surface area contributed by atoms with E-state index in [0.29, 0.717) is 0 Å². The smallest absolute Gasteiger partial charge is 0.338 e. The van der Waals surface area contributed by atoms with E-state index in [1.54, 1.807) is 30.3 Å². The number of rotatable bonds is 8. The minimum Gasteiger partial charge on any atom is -0.453 e. The summed E-state index contributed by atoms with van der Waals surface area (Å²) in [4.78, 5) is 24.1. The largest absolute Gasteiger partial charge is 0.453 e. The highest BCUT2D eigenvalue weighted by Crippen LogP contribution is 2.31. The Labute approximate surface area is 174 Å². The number of thioether (sulfide) groups is 1. The van der Waals surface area contributed by atoms with Crippen molar-refractivity contribution < 1.29 is 41.1 Å². The summed E-state index contributed by atoms with van der Waals surface area (Å²) < 4.78 is 51.0. The van der Waals surface area contributed by atoms with Crippen LogP contribution in [0.1, 0.15) is 17.3 Å². The maximum Gasteiger partial charge on any atom is 0.338 e. The van der Waals surface area contributed by atoms with Crippen LogP contribution in [0.5, 0.6) is 0 Å². The lowest BCUT2D eigenvalue weighted by atomic mass is 9.99. The predicted octanol–water partition coefficient (Wildman–Crippen LogP) is 1.22. The molecule has 0 radical (unpaired) electrons. The molecule has 0 saturated carbocycles. The van der Waals surface area contributed by atoms with E-state index in [9.17, 15) is 18.0 Å². The highest BCUT2D eigenvalue weighted by molar-refractivity contribution is 8.13. The van der Waals surface area contributed by atoms with E-state index in [1.807, 2.05) is 0 Å². The normalized spacial score (nSPS) is 27.4. The molecule has 1 aromatic rings. The van der Waals surface area contributed by atoms with E-state index in [1.165, 1.54) is 21.1 Å². The van der Waals surface area contributed by atoms with Crippen molar-refractivity contribution in [2.45, 2.75) is 37.6 Å². The Morgan fingerprint density at radius 2 is 1.72 bits per heavy atom. The molecule has 162 valence electrons. The third-order valence-corrected chi connectivity index (χ3v) is 5.56. The summed E-state index contributed by atoms with van der Waals surface area (Å²) >= 11 is 0.949. The Bertz CT molecular complexity index is 797. The molecule has 0 aromatic heterocycles. The third kappa shape index (κ3) is 6.76. The minimum atomic E-state index is -3.94. The molecular weight excluding hydrogens is 424 g/mol. The van der Waals surface area contributed by atoms with Crippen LogP contribution >= 0.6 is 11.8 Å². The maximum atomic E-state index is 12.6. The number of methoxy groups -OCH3 is 2. The van der Waals surface area contributed by atoms with E-state index in [2.05, 4.69) is 0 Å². The van der Waals surface area contributed by atoms with Gasteiger partial charge in [-0.3, -0.25) is 8.98 Å². The van der Waals surface area contributed by atoms with Crippen molar-refractivity contribution in [1.82, 2.24) is 0 Å². The van der Waals surface area contributed by atoms with Crippen molar-refractivity contribution in [1.29, 1.82) is 0 Å². The topological polar surface area (TPSA) is 114 Å². The average molecular weight is 449 g/mol. The fraction of sp³-hybridized carbons (Fsp3) is 0.556. The Morgan fingerprint density at radius 1 is 1.07 bits per heavy atom. The molecule has 9 nitrogen and oxygen atoms in total. The lowest BCUT2D eigenvalue weighted by Crippen LogP contribution is -2.61. The number of hydrogen-bond donors (Lipinski definition) is 0. The Morgan fingerprint density at radius 3 is 2.24 bits per heavy atom. The number of ether oxygens (including phenoxy) is 4. The van der Waals surface area contributed by atoms with Crippen molar-refractivity contribution in [3.8, 4) is 0 Å². The molecule has 1 heterocycles. The van der Waals surface area contributed by atoms with E-state index < -0.39 is 46.8 Å². The molecule has 0 N–H and O–H groups in total. The molecule has 1 saturated heterocycles. The fourth-order valence-electron chi connectivity index (χ4n) is 2.87. The van der Waals surface area contributed by atoms with Gasteiger partial charge in [-0.15, -0.1) is 0 Å². The second-order valence-corrected chi connectivity index (χ2v) is 9.08. The van der Waals surface area contributed by atoms with Gasteiger partial charge in [0.1, 0.15) is 18.3 Å². The fourth-order valence-corrected chi connectivity index (χ4v) is 4.16. The standard InChI is InChI=1S/C18H24O9S2/c1-11(19)28-10-13-14(26-17(20)12-8-6-5-7-9-12)15(27-29(4,21)22)16(23-2)18(24-3)25-13/h5-9,13-16,18H,10H2,1-4H3/t13-,14-,15-,16+,18+/m1/s1. The lowest BCUT2D eigenvalue weighted by Gasteiger charge is -2.43. The monoisotopic (exact) mass is 448 g/mol. The molecule has 0 spiro atoms. The molecule has 2 rings (SSSR count). The average Bonchev–Trinajstić information content (AvgIpc) is 2.67. The second kappa shape index (κ2) is 10.5. The quantitative estimate of drug-likeness (QED) is 0.425. The molecule has 0 aliphatic carbocycles. The Kier molecular flexibility index (Phi) is 8.61. The zero-order valence-corrected chi connectivity index (χ0v) is 18.1. The van der Waals surface area contributed by atoms with Gasteiger partial charge >= 0.3 is 5.97 Å². The molecule has 1 fully saturated rings. The summed E-state index contributed by atoms with van der Waals surface area (Å²) in [6.45, 7) is 1.38. The number of carbonyl (C=O) groups excluding carboxylic acids is 2. The van der Waals surface area contributed by atoms with Crippen LogP contribution in [0.2, 0.25) is 0 Å². The van der Waals surface area contributed by atoms with Gasteiger partial charge in [-0.2, -0.15) is 8.42 Å². The molecule has 29 heavy (non-hydrogen) atoms. The predicted molar refractivity (Wildman–Crippen MR) is 105 cm³/mol. The first-order valence-electron chi connectivity index (χ1n) is 8.65. The van der Waals surface area contributed by atoms with Crippen LogP contribution in [-0.2, 0) is 38.0 Å². The maximum absolute atomic E-state index is 12.6. The van der Waals surface area contributed by atoms with Crippen LogP contribution in [-0.4, -0.2) is 76.4 Å². The van der Waals surface area contributed by atoms with Gasteiger partial charge in [-0.05, 0) is 12.1 Å². The SMILES string of the molecule is CO[C@H]1O[C@H](CSC(C)=O)[C@@H](OC(=O)c2ccccc2)[C@@H](OS(C)(=O)=O)[C@@H]1OC. The van der Waals surface area contributed by atoms with Gasteiger partial charge in [0.05, 0.1) is 11.8 Å². The minimum absolute atomic E-state index is 0.0992. The van der Waals surface area contributed by atoms with Crippen LogP contribution in [0, 0.1) is 0 Å². The van der Waals surface area contributed by atoms with Gasteiger partial charge in [-0.25, -0.2) is 4.79 Å². The van der Waals surface area contributed by atoms with Crippen molar-refractivity contribution in [2.24, 2.45) is 0 Å². The molecule has 5 atom stereocenters. The van der Waals surface area contributed by atoms with Gasteiger partial charge in [0.25, 0.3) is 10.1 Å². The van der Waals surface area contributed by atoms with Crippen molar-refractivity contribution in [3.63, 3.8) is 0 Å². The van der Waals surface area contributed by atoms with E-state index in [4.69, 9.17) is 23.1 Å². The van der Waals surface area contributed by atoms with Crippen LogP contribution < -0.4 is 0 Å². The van der Waals surface area contributed by atoms with Gasteiger partial charge in [-0.1, -0.05) is 30.0 Å². The molecule has 1 aliphatic rings. The molecule has 0 bridgehead atoms. The summed E-state index contributed by atoms with van der Waals surface area (Å²) in [6.07, 6.45) is -4.39. The van der Waals surface area contributed by atoms with Gasteiger partial charge in [0.2, 0.25) is 0 Å². The summed E-state index contributed by atoms with van der Waals surface area (Å²) in [5.41, 5.74) is 0.270. The second-order valence-electron chi connectivity index (χ2n) is 6.28. The van der Waals surface area contributed by atoms with Gasteiger partial charge in [0, 0.05) is 26.9 Å². The summed E-state index contributed by atoms with van der Waals surface area (Å²) in [5, 5.41) is -0.176.